The minimum atomic E-state index is -0.223. The molecular weight excluding hydrogens is 686 g/mol. The molecule has 270 valence electrons. The van der Waals surface area contributed by atoms with Crippen molar-refractivity contribution in [2.45, 2.75) is 57.9 Å². The number of fused-ring (bicyclic) bond motifs is 5. The highest BCUT2D eigenvalue weighted by molar-refractivity contribution is 6.30. The number of pyridine rings is 1. The molecule has 2 unspecified atom stereocenters. The summed E-state index contributed by atoms with van der Waals surface area (Å²) in [7, 11) is 1.62. The van der Waals surface area contributed by atoms with E-state index in [1.54, 1.807) is 40.7 Å². The minimum Gasteiger partial charge on any atom is -0.497 e. The topological polar surface area (TPSA) is 105 Å². The fraction of sp³-hybridized carbons (Fsp3) is 0.302. The third kappa shape index (κ3) is 6.37. The summed E-state index contributed by atoms with van der Waals surface area (Å²) in [5, 5.41) is 10.5. The van der Waals surface area contributed by atoms with Crippen LogP contribution in [0.25, 0.3) is 33.5 Å². The van der Waals surface area contributed by atoms with Crippen LogP contribution >= 0.6 is 11.6 Å². The second kappa shape index (κ2) is 14.5. The number of halogens is 1. The number of rotatable bonds is 12. The van der Waals surface area contributed by atoms with Gasteiger partial charge in [-0.15, -0.1) is 0 Å². The van der Waals surface area contributed by atoms with Gasteiger partial charge in [-0.2, -0.15) is 0 Å². The SMILES string of the molecule is COC1=CC2C(CC(=O)NCCCCCCNc3ccc4c5c(c(=O)n6c7ccccc7nc46)CCC=c35)=C(C)N(C(=O)c3ccc(Cl)cc3)C2C=C1. The number of para-hydroxylation sites is 2. The van der Waals surface area contributed by atoms with E-state index in [0.717, 1.165) is 106 Å². The maximum atomic E-state index is 13.7. The van der Waals surface area contributed by atoms with Gasteiger partial charge in [0, 0.05) is 62.5 Å². The van der Waals surface area contributed by atoms with Gasteiger partial charge in [-0.1, -0.05) is 48.7 Å². The van der Waals surface area contributed by atoms with Gasteiger partial charge in [0.25, 0.3) is 11.5 Å². The van der Waals surface area contributed by atoms with Crippen molar-refractivity contribution in [3.63, 3.8) is 0 Å². The number of benzene rings is 3. The molecule has 0 saturated heterocycles. The maximum Gasteiger partial charge on any atom is 0.260 e. The molecule has 53 heavy (non-hydrogen) atoms. The first-order valence-corrected chi connectivity index (χ1v) is 18.8. The van der Waals surface area contributed by atoms with E-state index in [4.69, 9.17) is 21.3 Å². The summed E-state index contributed by atoms with van der Waals surface area (Å²) < 4.78 is 7.28. The molecule has 3 heterocycles. The van der Waals surface area contributed by atoms with Crippen molar-refractivity contribution in [1.29, 1.82) is 0 Å². The van der Waals surface area contributed by atoms with Crippen LogP contribution in [0.3, 0.4) is 0 Å². The van der Waals surface area contributed by atoms with Crippen molar-refractivity contribution in [2.75, 3.05) is 25.5 Å². The fourth-order valence-electron chi connectivity index (χ4n) is 8.25. The van der Waals surface area contributed by atoms with E-state index >= 15 is 0 Å². The molecule has 3 aromatic carbocycles. The number of nitrogens with one attached hydrogen (secondary N) is 2. The summed E-state index contributed by atoms with van der Waals surface area (Å²) in [6.45, 7) is 3.34. The Balaban J connectivity index is 0.848. The maximum absolute atomic E-state index is 13.7. The highest BCUT2D eigenvalue weighted by Gasteiger charge is 2.42. The largest absolute Gasteiger partial charge is 0.497 e. The molecular formula is C43H42ClN5O4. The van der Waals surface area contributed by atoms with E-state index < -0.39 is 0 Å². The fourth-order valence-corrected chi connectivity index (χ4v) is 8.38. The monoisotopic (exact) mass is 727 g/mol. The lowest BCUT2D eigenvalue weighted by Crippen LogP contribution is -2.37. The van der Waals surface area contributed by atoms with Crippen molar-refractivity contribution in [1.82, 2.24) is 19.6 Å². The molecule has 5 aromatic rings. The van der Waals surface area contributed by atoms with Crippen LogP contribution in [0.5, 0.6) is 0 Å². The van der Waals surface area contributed by atoms with Crippen LogP contribution in [0.1, 0.15) is 61.4 Å². The summed E-state index contributed by atoms with van der Waals surface area (Å²) in [5.74, 6) is 0.406. The molecule has 0 spiro atoms. The Morgan fingerprint density at radius 1 is 1.00 bits per heavy atom. The number of hydrogen-bond acceptors (Lipinski definition) is 6. The van der Waals surface area contributed by atoms with Gasteiger partial charge in [-0.05, 0) is 98.9 Å². The Kier molecular flexibility index (Phi) is 9.51. The highest BCUT2D eigenvalue weighted by Crippen LogP contribution is 2.41. The Bertz CT molecular complexity index is 2480. The van der Waals surface area contributed by atoms with Crippen molar-refractivity contribution >= 4 is 62.6 Å². The minimum absolute atomic E-state index is 0.0357. The summed E-state index contributed by atoms with van der Waals surface area (Å²) in [6, 6.07) is 18.7. The van der Waals surface area contributed by atoms with Crippen molar-refractivity contribution in [2.24, 2.45) is 5.92 Å². The van der Waals surface area contributed by atoms with Gasteiger partial charge in [0.15, 0.2) is 0 Å². The average molecular weight is 728 g/mol. The third-order valence-electron chi connectivity index (χ3n) is 10.9. The van der Waals surface area contributed by atoms with Gasteiger partial charge in [0.05, 0.1) is 30.6 Å². The van der Waals surface area contributed by atoms with Gasteiger partial charge in [0.1, 0.15) is 11.4 Å². The van der Waals surface area contributed by atoms with Crippen LogP contribution in [-0.2, 0) is 16.0 Å². The summed E-state index contributed by atoms with van der Waals surface area (Å²) in [6.07, 6.45) is 13.8. The molecule has 2 atom stereocenters. The Morgan fingerprint density at radius 2 is 1.79 bits per heavy atom. The summed E-state index contributed by atoms with van der Waals surface area (Å²) >= 11 is 6.07. The predicted molar refractivity (Wildman–Crippen MR) is 211 cm³/mol. The molecule has 0 saturated carbocycles. The van der Waals surface area contributed by atoms with Gasteiger partial charge >= 0.3 is 0 Å². The zero-order chi connectivity index (χ0) is 36.6. The number of imidazole rings is 1. The number of ether oxygens (including phenoxy) is 1. The second-order valence-corrected chi connectivity index (χ2v) is 14.5. The number of nitrogens with zero attached hydrogens (tertiary/aromatic N) is 3. The quantitative estimate of drug-likeness (QED) is 0.133. The zero-order valence-corrected chi connectivity index (χ0v) is 30.7. The Hall–Kier alpha value is -5.41. The normalized spacial score (nSPS) is 17.6. The van der Waals surface area contributed by atoms with Crippen molar-refractivity contribution in [3.05, 3.63) is 128 Å². The molecule has 2 aliphatic carbocycles. The molecule has 10 heteroatoms. The number of amides is 2. The van der Waals surface area contributed by atoms with Crippen LogP contribution < -0.4 is 21.4 Å². The number of hydrogen-bond donors (Lipinski definition) is 2. The van der Waals surface area contributed by atoms with E-state index in [1.807, 2.05) is 49.4 Å². The molecule has 0 bridgehead atoms. The molecule has 2 aromatic heterocycles. The van der Waals surface area contributed by atoms with Gasteiger partial charge in [-0.3, -0.25) is 18.8 Å². The van der Waals surface area contributed by atoms with Crippen LogP contribution in [-0.4, -0.2) is 52.3 Å². The second-order valence-electron chi connectivity index (χ2n) is 14.0. The van der Waals surface area contributed by atoms with E-state index in [0.29, 0.717) is 17.1 Å². The molecule has 0 radical (unpaired) electrons. The molecule has 8 rings (SSSR count). The summed E-state index contributed by atoms with van der Waals surface area (Å²) in [5.41, 5.74) is 6.64. The first-order chi connectivity index (χ1) is 25.8. The van der Waals surface area contributed by atoms with Gasteiger partial charge < -0.3 is 20.3 Å². The molecule has 9 nitrogen and oxygen atoms in total. The van der Waals surface area contributed by atoms with Crippen LogP contribution in [0, 0.1) is 5.92 Å². The molecule has 1 aliphatic heterocycles. The smallest absolute Gasteiger partial charge is 0.260 e. The number of carbonyl (C=O) groups excluding carboxylic acids is 2. The lowest BCUT2D eigenvalue weighted by Gasteiger charge is -2.29. The first kappa shape index (κ1) is 34.7. The van der Waals surface area contributed by atoms with Crippen molar-refractivity contribution < 1.29 is 14.3 Å². The number of aryl methyl sites for hydroxylation is 1. The lowest BCUT2D eigenvalue weighted by molar-refractivity contribution is -0.120. The number of allylic oxidation sites excluding steroid dienone is 2. The molecule has 2 amide bonds. The number of aromatic nitrogens is 2. The van der Waals surface area contributed by atoms with Crippen LogP contribution in [0.2, 0.25) is 5.02 Å². The zero-order valence-electron chi connectivity index (χ0n) is 30.0. The third-order valence-corrected chi connectivity index (χ3v) is 11.1. The van der Waals surface area contributed by atoms with E-state index in [1.165, 1.54) is 0 Å². The Morgan fingerprint density at radius 3 is 2.60 bits per heavy atom. The first-order valence-electron chi connectivity index (χ1n) is 18.5. The van der Waals surface area contributed by atoms with E-state index in [2.05, 4.69) is 28.8 Å². The van der Waals surface area contributed by atoms with Crippen LogP contribution in [0.15, 0.2) is 101 Å². The van der Waals surface area contributed by atoms with Gasteiger partial charge in [0.2, 0.25) is 5.91 Å². The number of carbonyl (C=O) groups is 2. The number of methoxy groups -OCH3 is 1. The van der Waals surface area contributed by atoms with E-state index in [-0.39, 0.29) is 35.8 Å². The standard InChI is InChI=1S/C43H42ClN5O4/c1-26-33(34-24-29(53-2)18-21-37(34)48(26)42(51)27-14-16-28(44)17-15-27)25-39(50)46-23-8-4-3-7-22-45-35-20-19-31-40-30(35)10-9-11-32(40)43(52)49-38-13-6-5-12-36(38)47-41(31)49/h5-6,10,12-21,24,34,37,45H,3-4,7-9,11,22-23,25H2,1-2H3,(H,46,50). The van der Waals surface area contributed by atoms with Crippen molar-refractivity contribution in [3.8, 4) is 0 Å². The molecule has 0 fully saturated rings. The summed E-state index contributed by atoms with van der Waals surface area (Å²) in [4.78, 5) is 47.1. The highest BCUT2D eigenvalue weighted by atomic mass is 35.5. The lowest BCUT2D eigenvalue weighted by atomic mass is 9.88. The Labute approximate surface area is 312 Å². The molecule has 3 aliphatic rings. The van der Waals surface area contributed by atoms with Gasteiger partial charge in [-0.25, -0.2) is 4.98 Å². The average Bonchev–Trinajstić information content (AvgIpc) is 3.70. The number of anilines is 1. The number of unbranched alkanes of at least 4 members (excludes halogenated alkanes) is 3. The molecule has 2 N–H and O–H groups in total. The predicted octanol–water partition coefficient (Wildman–Crippen LogP) is 7.09. The van der Waals surface area contributed by atoms with Crippen LogP contribution in [0.4, 0.5) is 5.69 Å². The van der Waals surface area contributed by atoms with E-state index in [9.17, 15) is 14.4 Å².